The Bertz CT molecular complexity index is 732. The summed E-state index contributed by atoms with van der Waals surface area (Å²) >= 11 is 0. The van der Waals surface area contributed by atoms with Crippen LogP contribution >= 0.6 is 0 Å². The molecule has 1 aliphatic rings. The average Bonchev–Trinajstić information content (AvgIpc) is 3.23. The highest BCUT2D eigenvalue weighted by Gasteiger charge is 2.32. The predicted molar refractivity (Wildman–Crippen MR) is 75.5 cm³/mol. The summed E-state index contributed by atoms with van der Waals surface area (Å²) in [6, 6.07) is 7.79. The van der Waals surface area contributed by atoms with Crippen molar-refractivity contribution in [2.24, 2.45) is 0 Å². The number of aromatic amines is 2. The number of para-hydroxylation sites is 1. The summed E-state index contributed by atoms with van der Waals surface area (Å²) in [7, 11) is 0. The number of nitrogens with two attached hydrogens (primary N) is 1. The van der Waals surface area contributed by atoms with Gasteiger partial charge in [-0.1, -0.05) is 18.2 Å². The fraction of sp³-hybridized carbons (Fsp3) is 0.308. The molecule has 0 amide bonds. The van der Waals surface area contributed by atoms with Gasteiger partial charge in [0.25, 0.3) is 5.56 Å². The van der Waals surface area contributed by atoms with Crippen LogP contribution in [0.25, 0.3) is 0 Å². The van der Waals surface area contributed by atoms with Crippen molar-refractivity contribution in [3.8, 4) is 0 Å². The van der Waals surface area contributed by atoms with Crippen molar-refractivity contribution in [1.29, 1.82) is 0 Å². The fourth-order valence-electron chi connectivity index (χ4n) is 2.16. The highest BCUT2D eigenvalue weighted by molar-refractivity contribution is 5.50. The Kier molecular flexibility index (Phi) is 3.02. The van der Waals surface area contributed by atoms with Crippen molar-refractivity contribution < 1.29 is 0 Å². The monoisotopic (exact) mass is 273 g/mol. The smallest absolute Gasteiger partial charge is 0.342 e. The van der Waals surface area contributed by atoms with E-state index < -0.39 is 11.2 Å². The minimum Gasteiger partial charge on any atom is -0.398 e. The molecule has 1 aromatic carbocycles. The maximum atomic E-state index is 11.9. The molecule has 0 radical (unpaired) electrons. The molecular formula is C13H15N5O2. The van der Waals surface area contributed by atoms with E-state index >= 15 is 0 Å². The SMILES string of the molecule is Nc1ccccc1CN(c1n[nH]c(=O)[nH]c1=O)C1CC1. The first kappa shape index (κ1) is 12.5. The van der Waals surface area contributed by atoms with E-state index in [1.807, 2.05) is 29.2 Å². The highest BCUT2D eigenvalue weighted by atomic mass is 16.2. The third-order valence-corrected chi connectivity index (χ3v) is 3.35. The maximum absolute atomic E-state index is 11.9. The molecule has 1 heterocycles. The molecule has 2 aromatic rings. The van der Waals surface area contributed by atoms with Crippen LogP contribution in [0.4, 0.5) is 11.5 Å². The van der Waals surface area contributed by atoms with Crippen molar-refractivity contribution in [2.75, 3.05) is 10.6 Å². The van der Waals surface area contributed by atoms with E-state index in [0.29, 0.717) is 12.2 Å². The maximum Gasteiger partial charge on any atom is 0.342 e. The summed E-state index contributed by atoms with van der Waals surface area (Å²) in [5.74, 6) is 0.232. The Morgan fingerprint density at radius 3 is 2.70 bits per heavy atom. The van der Waals surface area contributed by atoms with Crippen molar-refractivity contribution in [3.05, 3.63) is 50.7 Å². The molecule has 104 valence electrons. The van der Waals surface area contributed by atoms with Gasteiger partial charge in [0.05, 0.1) is 0 Å². The van der Waals surface area contributed by atoms with Crippen LogP contribution in [-0.4, -0.2) is 21.2 Å². The number of nitrogens with one attached hydrogen (secondary N) is 2. The molecule has 3 rings (SSSR count). The Hall–Kier alpha value is -2.57. The Morgan fingerprint density at radius 2 is 2.05 bits per heavy atom. The van der Waals surface area contributed by atoms with Crippen LogP contribution in [0.3, 0.4) is 0 Å². The molecule has 1 aromatic heterocycles. The molecule has 0 atom stereocenters. The van der Waals surface area contributed by atoms with Crippen LogP contribution in [-0.2, 0) is 6.54 Å². The average molecular weight is 273 g/mol. The molecule has 7 heteroatoms. The molecule has 0 spiro atoms. The van der Waals surface area contributed by atoms with Gasteiger partial charge < -0.3 is 10.6 Å². The first-order valence-electron chi connectivity index (χ1n) is 6.44. The largest absolute Gasteiger partial charge is 0.398 e. The zero-order chi connectivity index (χ0) is 14.1. The standard InChI is InChI=1S/C13H15N5O2/c14-10-4-2-1-3-8(10)7-18(9-5-6-9)11-12(19)15-13(20)17-16-11/h1-4,9H,5-7,14H2,(H2,15,17,19,20). The lowest BCUT2D eigenvalue weighted by Gasteiger charge is -2.22. The normalized spacial score (nSPS) is 14.2. The lowest BCUT2D eigenvalue weighted by molar-refractivity contribution is 0.740. The quantitative estimate of drug-likeness (QED) is 0.690. The van der Waals surface area contributed by atoms with Crippen molar-refractivity contribution in [3.63, 3.8) is 0 Å². The molecule has 1 aliphatic carbocycles. The van der Waals surface area contributed by atoms with E-state index in [1.54, 1.807) is 0 Å². The summed E-state index contributed by atoms with van der Waals surface area (Å²) < 4.78 is 0. The molecule has 0 unspecified atom stereocenters. The van der Waals surface area contributed by atoms with Crippen LogP contribution < -0.4 is 21.9 Å². The second kappa shape index (κ2) is 4.84. The number of nitrogen functional groups attached to an aromatic ring is 1. The lowest BCUT2D eigenvalue weighted by atomic mass is 10.1. The number of rotatable bonds is 4. The van der Waals surface area contributed by atoms with Gasteiger partial charge in [0.15, 0.2) is 0 Å². The molecule has 20 heavy (non-hydrogen) atoms. The Labute approximate surface area is 114 Å². The van der Waals surface area contributed by atoms with E-state index in [1.165, 1.54) is 0 Å². The van der Waals surface area contributed by atoms with Gasteiger partial charge in [-0.05, 0) is 24.5 Å². The van der Waals surface area contributed by atoms with Crippen molar-refractivity contribution in [2.45, 2.75) is 25.4 Å². The first-order valence-corrected chi connectivity index (χ1v) is 6.44. The fourth-order valence-corrected chi connectivity index (χ4v) is 2.16. The Morgan fingerprint density at radius 1 is 1.30 bits per heavy atom. The number of benzene rings is 1. The molecule has 1 fully saturated rings. The second-order valence-electron chi connectivity index (χ2n) is 4.89. The summed E-state index contributed by atoms with van der Waals surface area (Å²) in [6.45, 7) is 0.499. The van der Waals surface area contributed by atoms with Gasteiger partial charge in [-0.15, -0.1) is 5.10 Å². The number of H-pyrrole nitrogens is 2. The van der Waals surface area contributed by atoms with E-state index in [4.69, 9.17) is 5.73 Å². The van der Waals surface area contributed by atoms with Crippen molar-refractivity contribution >= 4 is 11.5 Å². The van der Waals surface area contributed by atoms with E-state index in [0.717, 1.165) is 18.4 Å². The topological polar surface area (TPSA) is 108 Å². The number of anilines is 2. The van der Waals surface area contributed by atoms with Crippen LogP contribution in [0.2, 0.25) is 0 Å². The predicted octanol–water partition coefficient (Wildman–Crippen LogP) is 0.209. The molecule has 1 saturated carbocycles. The number of nitrogens with zero attached hydrogens (tertiary/aromatic N) is 2. The molecule has 4 N–H and O–H groups in total. The zero-order valence-corrected chi connectivity index (χ0v) is 10.8. The van der Waals surface area contributed by atoms with Crippen LogP contribution in [0.15, 0.2) is 33.9 Å². The van der Waals surface area contributed by atoms with Gasteiger partial charge >= 0.3 is 5.69 Å². The number of aromatic nitrogens is 3. The number of hydrogen-bond acceptors (Lipinski definition) is 5. The van der Waals surface area contributed by atoms with Crippen molar-refractivity contribution in [1.82, 2.24) is 15.2 Å². The van der Waals surface area contributed by atoms with Crippen LogP contribution in [0.5, 0.6) is 0 Å². The molecule has 0 bridgehead atoms. The van der Waals surface area contributed by atoms with Gasteiger partial charge in [-0.25, -0.2) is 9.89 Å². The lowest BCUT2D eigenvalue weighted by Crippen LogP contribution is -2.35. The Balaban J connectivity index is 1.96. The van der Waals surface area contributed by atoms with Gasteiger partial charge in [0.1, 0.15) is 0 Å². The highest BCUT2D eigenvalue weighted by Crippen LogP contribution is 2.31. The summed E-state index contributed by atoms with van der Waals surface area (Å²) in [6.07, 6.45) is 2.01. The number of hydrogen-bond donors (Lipinski definition) is 3. The summed E-state index contributed by atoms with van der Waals surface area (Å²) in [5, 5.41) is 6.14. The first-order chi connectivity index (χ1) is 9.65. The third kappa shape index (κ3) is 2.42. The van der Waals surface area contributed by atoms with Gasteiger partial charge in [0.2, 0.25) is 5.82 Å². The van der Waals surface area contributed by atoms with Gasteiger partial charge in [0, 0.05) is 18.3 Å². The third-order valence-electron chi connectivity index (χ3n) is 3.35. The molecule has 0 saturated heterocycles. The van der Waals surface area contributed by atoms with Gasteiger partial charge in [-0.3, -0.25) is 9.78 Å². The second-order valence-corrected chi connectivity index (χ2v) is 4.89. The van der Waals surface area contributed by atoms with Crippen LogP contribution in [0, 0.1) is 0 Å². The van der Waals surface area contributed by atoms with E-state index in [2.05, 4.69) is 15.2 Å². The summed E-state index contributed by atoms with van der Waals surface area (Å²) in [4.78, 5) is 27.0. The molecule has 7 nitrogen and oxygen atoms in total. The van der Waals surface area contributed by atoms with Gasteiger partial charge in [-0.2, -0.15) is 0 Å². The zero-order valence-electron chi connectivity index (χ0n) is 10.8. The minimum absolute atomic E-state index is 0.232. The van der Waals surface area contributed by atoms with E-state index in [9.17, 15) is 9.59 Å². The van der Waals surface area contributed by atoms with E-state index in [-0.39, 0.29) is 11.9 Å². The summed E-state index contributed by atoms with van der Waals surface area (Å²) in [5.41, 5.74) is 6.48. The molecular weight excluding hydrogens is 258 g/mol. The molecule has 0 aliphatic heterocycles. The van der Waals surface area contributed by atoms with Crippen LogP contribution in [0.1, 0.15) is 18.4 Å². The minimum atomic E-state index is -0.603.